The second kappa shape index (κ2) is 6.58. The van der Waals surface area contributed by atoms with Crippen LogP contribution in [0.1, 0.15) is 12.8 Å². The van der Waals surface area contributed by atoms with Crippen molar-refractivity contribution in [2.45, 2.75) is 12.8 Å². The zero-order valence-electron chi connectivity index (χ0n) is 9.11. The summed E-state index contributed by atoms with van der Waals surface area (Å²) >= 11 is 0. The van der Waals surface area contributed by atoms with Crippen molar-refractivity contribution >= 4 is 5.91 Å². The van der Waals surface area contributed by atoms with Gasteiger partial charge in [0, 0.05) is 19.6 Å². The Labute approximate surface area is 91.0 Å². The molecule has 0 aromatic heterocycles. The molecule has 0 aliphatic carbocycles. The fourth-order valence-electron chi connectivity index (χ4n) is 1.89. The Morgan fingerprint density at radius 2 is 2.47 bits per heavy atom. The first-order valence-electron chi connectivity index (χ1n) is 5.51. The monoisotopic (exact) mass is 212 g/mol. The van der Waals surface area contributed by atoms with Gasteiger partial charge in [0.15, 0.2) is 0 Å². The van der Waals surface area contributed by atoms with Crippen LogP contribution in [-0.4, -0.2) is 48.7 Å². The van der Waals surface area contributed by atoms with E-state index >= 15 is 0 Å². The summed E-state index contributed by atoms with van der Waals surface area (Å²) in [6, 6.07) is 0. The highest BCUT2D eigenvalue weighted by atomic mass is 16.3. The maximum Gasteiger partial charge on any atom is 0.227 e. The minimum atomic E-state index is 0.0136. The molecule has 0 aromatic rings. The second-order valence-corrected chi connectivity index (χ2v) is 3.84. The summed E-state index contributed by atoms with van der Waals surface area (Å²) < 4.78 is 0. The number of rotatable bonds is 5. The summed E-state index contributed by atoms with van der Waals surface area (Å²) in [6.45, 7) is 6.33. The summed E-state index contributed by atoms with van der Waals surface area (Å²) in [4.78, 5) is 13.7. The lowest BCUT2D eigenvalue weighted by molar-refractivity contribution is -0.136. The van der Waals surface area contributed by atoms with Gasteiger partial charge < -0.3 is 15.3 Å². The van der Waals surface area contributed by atoms with Gasteiger partial charge in [-0.1, -0.05) is 6.08 Å². The van der Waals surface area contributed by atoms with Crippen LogP contribution >= 0.6 is 0 Å². The summed E-state index contributed by atoms with van der Waals surface area (Å²) in [7, 11) is 0. The Morgan fingerprint density at radius 1 is 1.67 bits per heavy atom. The van der Waals surface area contributed by atoms with Crippen LogP contribution in [0.5, 0.6) is 0 Å². The highest BCUT2D eigenvalue weighted by molar-refractivity contribution is 5.79. The van der Waals surface area contributed by atoms with Gasteiger partial charge in [0.25, 0.3) is 0 Å². The first-order chi connectivity index (χ1) is 7.29. The van der Waals surface area contributed by atoms with E-state index in [1.54, 1.807) is 11.0 Å². The number of aliphatic hydroxyl groups excluding tert-OH is 1. The number of hydrogen-bond acceptors (Lipinski definition) is 3. The largest absolute Gasteiger partial charge is 0.395 e. The van der Waals surface area contributed by atoms with E-state index in [0.29, 0.717) is 13.1 Å². The summed E-state index contributed by atoms with van der Waals surface area (Å²) in [5, 5.41) is 12.1. The molecule has 2 N–H and O–H groups in total. The van der Waals surface area contributed by atoms with Crippen LogP contribution in [0.3, 0.4) is 0 Å². The van der Waals surface area contributed by atoms with Crippen LogP contribution in [0, 0.1) is 5.92 Å². The Balaban J connectivity index is 2.48. The third kappa shape index (κ3) is 3.64. The molecule has 1 rings (SSSR count). The lowest BCUT2D eigenvalue weighted by atomic mass is 9.98. The molecular weight excluding hydrogens is 192 g/mol. The first-order valence-corrected chi connectivity index (χ1v) is 5.51. The molecule has 1 saturated heterocycles. The second-order valence-electron chi connectivity index (χ2n) is 3.84. The smallest absolute Gasteiger partial charge is 0.227 e. The van der Waals surface area contributed by atoms with Gasteiger partial charge in [-0.2, -0.15) is 0 Å². The van der Waals surface area contributed by atoms with E-state index in [9.17, 15) is 4.79 Å². The Morgan fingerprint density at radius 3 is 3.00 bits per heavy atom. The molecule has 1 fully saturated rings. The third-order valence-corrected chi connectivity index (χ3v) is 2.68. The van der Waals surface area contributed by atoms with E-state index < -0.39 is 0 Å². The summed E-state index contributed by atoms with van der Waals surface area (Å²) in [6.07, 6.45) is 3.70. The van der Waals surface area contributed by atoms with Crippen LogP contribution in [0.25, 0.3) is 0 Å². The van der Waals surface area contributed by atoms with Gasteiger partial charge in [0.2, 0.25) is 5.91 Å². The fourth-order valence-corrected chi connectivity index (χ4v) is 1.89. The molecular formula is C11H20N2O2. The summed E-state index contributed by atoms with van der Waals surface area (Å²) in [5.74, 6) is 0.210. The van der Waals surface area contributed by atoms with E-state index in [0.717, 1.165) is 25.9 Å². The van der Waals surface area contributed by atoms with Crippen LogP contribution in [0.2, 0.25) is 0 Å². The molecule has 86 valence electrons. The molecule has 15 heavy (non-hydrogen) atoms. The van der Waals surface area contributed by atoms with Crippen molar-refractivity contribution in [2.24, 2.45) is 5.92 Å². The van der Waals surface area contributed by atoms with Crippen molar-refractivity contribution < 1.29 is 9.90 Å². The molecule has 1 aliphatic rings. The molecule has 0 saturated carbocycles. The van der Waals surface area contributed by atoms with Gasteiger partial charge in [-0.25, -0.2) is 0 Å². The number of amides is 1. The Kier molecular flexibility index (Phi) is 5.36. The molecule has 0 bridgehead atoms. The lowest BCUT2D eigenvalue weighted by Crippen LogP contribution is -2.44. The molecule has 0 radical (unpaired) electrons. The maximum atomic E-state index is 12.0. The van der Waals surface area contributed by atoms with Crippen molar-refractivity contribution in [1.82, 2.24) is 10.2 Å². The van der Waals surface area contributed by atoms with Crippen LogP contribution < -0.4 is 5.32 Å². The minimum Gasteiger partial charge on any atom is -0.395 e. The van der Waals surface area contributed by atoms with Gasteiger partial charge in [0.05, 0.1) is 12.5 Å². The number of carbonyl (C=O) groups excluding carboxylic acids is 1. The number of nitrogens with one attached hydrogen (secondary N) is 1. The highest BCUT2D eigenvalue weighted by Crippen LogP contribution is 2.13. The topological polar surface area (TPSA) is 52.6 Å². The molecule has 0 aromatic carbocycles. The average molecular weight is 212 g/mol. The standard InChI is InChI=1S/C11H20N2O2/c1-2-6-13(7-8-14)11(15)10-4-3-5-12-9-10/h2,10,12,14H,1,3-9H2/t10-/m1/s1. The van der Waals surface area contributed by atoms with Crippen molar-refractivity contribution in [1.29, 1.82) is 0 Å². The number of carbonyl (C=O) groups is 1. The molecule has 4 heteroatoms. The van der Waals surface area contributed by atoms with Crippen molar-refractivity contribution in [3.05, 3.63) is 12.7 Å². The molecule has 1 aliphatic heterocycles. The van der Waals surface area contributed by atoms with E-state index in [2.05, 4.69) is 11.9 Å². The van der Waals surface area contributed by atoms with E-state index in [1.165, 1.54) is 0 Å². The number of piperidine rings is 1. The lowest BCUT2D eigenvalue weighted by Gasteiger charge is -2.28. The quantitative estimate of drug-likeness (QED) is 0.630. The molecule has 1 amide bonds. The molecule has 1 heterocycles. The number of hydrogen-bond donors (Lipinski definition) is 2. The van der Waals surface area contributed by atoms with Gasteiger partial charge >= 0.3 is 0 Å². The Bertz CT molecular complexity index is 213. The number of aliphatic hydroxyl groups is 1. The summed E-state index contributed by atoms with van der Waals surface area (Å²) in [5.41, 5.74) is 0. The average Bonchev–Trinajstić information content (AvgIpc) is 2.29. The first kappa shape index (κ1) is 12.2. The highest BCUT2D eigenvalue weighted by Gasteiger charge is 2.24. The van der Waals surface area contributed by atoms with E-state index in [-0.39, 0.29) is 18.4 Å². The van der Waals surface area contributed by atoms with Gasteiger partial charge in [0.1, 0.15) is 0 Å². The van der Waals surface area contributed by atoms with E-state index in [1.807, 2.05) is 0 Å². The van der Waals surface area contributed by atoms with Crippen molar-refractivity contribution in [3.63, 3.8) is 0 Å². The fraction of sp³-hybridized carbons (Fsp3) is 0.727. The van der Waals surface area contributed by atoms with Crippen molar-refractivity contribution in [3.8, 4) is 0 Å². The van der Waals surface area contributed by atoms with Gasteiger partial charge in [-0.3, -0.25) is 4.79 Å². The van der Waals surface area contributed by atoms with Crippen LogP contribution in [0.4, 0.5) is 0 Å². The predicted octanol–water partition coefficient (Wildman–Crippen LogP) is -0.00710. The van der Waals surface area contributed by atoms with Crippen LogP contribution in [-0.2, 0) is 4.79 Å². The van der Waals surface area contributed by atoms with Gasteiger partial charge in [-0.15, -0.1) is 6.58 Å². The zero-order valence-corrected chi connectivity index (χ0v) is 9.11. The normalized spacial score (nSPS) is 21.0. The molecule has 4 nitrogen and oxygen atoms in total. The van der Waals surface area contributed by atoms with Crippen LogP contribution in [0.15, 0.2) is 12.7 Å². The molecule has 0 spiro atoms. The van der Waals surface area contributed by atoms with Crippen molar-refractivity contribution in [2.75, 3.05) is 32.8 Å². The van der Waals surface area contributed by atoms with Gasteiger partial charge in [-0.05, 0) is 19.4 Å². The maximum absolute atomic E-state index is 12.0. The molecule has 0 unspecified atom stereocenters. The predicted molar refractivity (Wildman–Crippen MR) is 59.5 cm³/mol. The SMILES string of the molecule is C=CCN(CCO)C(=O)[C@@H]1CCCNC1. The van der Waals surface area contributed by atoms with E-state index in [4.69, 9.17) is 5.11 Å². The third-order valence-electron chi connectivity index (χ3n) is 2.68. The zero-order chi connectivity index (χ0) is 11.1. The number of nitrogens with zero attached hydrogens (tertiary/aromatic N) is 1. The Hall–Kier alpha value is -0.870. The molecule has 1 atom stereocenters. The minimum absolute atomic E-state index is 0.0136.